The van der Waals surface area contributed by atoms with Crippen molar-refractivity contribution in [1.29, 1.82) is 0 Å². The molecule has 0 radical (unpaired) electrons. The van der Waals surface area contributed by atoms with E-state index in [0.29, 0.717) is 19.4 Å². The van der Waals surface area contributed by atoms with E-state index in [1.54, 1.807) is 6.08 Å². The molecule has 0 saturated heterocycles. The fourth-order valence-corrected chi connectivity index (χ4v) is 6.45. The lowest BCUT2D eigenvalue weighted by molar-refractivity contribution is -0.143. The molecule has 0 spiro atoms. The molecule has 0 rings (SSSR count). The second-order valence-corrected chi connectivity index (χ2v) is 14.7. The third-order valence-electron chi connectivity index (χ3n) is 9.81. The zero-order chi connectivity index (χ0) is 35.9. The number of nitrogens with one attached hydrogen (secondary N) is 1. The Kier molecular flexibility index (Phi) is 38.3. The highest BCUT2D eigenvalue weighted by Gasteiger charge is 2.18. The summed E-state index contributed by atoms with van der Waals surface area (Å²) in [5.41, 5.74) is 0. The molecule has 0 aromatic rings. The second-order valence-electron chi connectivity index (χ2n) is 14.7. The summed E-state index contributed by atoms with van der Waals surface area (Å²) >= 11 is 0. The molecule has 0 aliphatic heterocycles. The summed E-state index contributed by atoms with van der Waals surface area (Å²) in [5.74, 6) is -0.114. The molecule has 0 aliphatic carbocycles. The van der Waals surface area contributed by atoms with E-state index >= 15 is 0 Å². The summed E-state index contributed by atoms with van der Waals surface area (Å²) in [6.45, 7) is 4.82. The monoisotopic (exact) mass is 694 g/mol. The zero-order valence-electron chi connectivity index (χ0n) is 32.7. The van der Waals surface area contributed by atoms with Crippen molar-refractivity contribution in [2.24, 2.45) is 0 Å². The largest absolute Gasteiger partial charge is 0.466 e. The Labute approximate surface area is 304 Å². The number of rotatable bonds is 39. The first-order valence-corrected chi connectivity index (χ1v) is 21.5. The molecule has 2 atom stereocenters. The van der Waals surface area contributed by atoms with Gasteiger partial charge in [-0.25, -0.2) is 0 Å². The predicted molar refractivity (Wildman–Crippen MR) is 209 cm³/mol. The highest BCUT2D eigenvalue weighted by Crippen LogP contribution is 2.14. The van der Waals surface area contributed by atoms with Gasteiger partial charge in [0.05, 0.1) is 25.4 Å². The molecule has 0 aromatic carbocycles. The number of carbonyl (C=O) groups excluding carboxylic acids is 2. The number of esters is 1. The minimum atomic E-state index is -0.855. The van der Waals surface area contributed by atoms with Crippen LogP contribution in [0.25, 0.3) is 0 Å². The minimum absolute atomic E-state index is 0.0221. The Morgan fingerprint density at radius 3 is 1.39 bits per heavy atom. The maximum absolute atomic E-state index is 12.3. The van der Waals surface area contributed by atoms with E-state index in [-0.39, 0.29) is 18.5 Å². The molecule has 290 valence electrons. The van der Waals surface area contributed by atoms with Gasteiger partial charge >= 0.3 is 5.97 Å². The molecule has 49 heavy (non-hydrogen) atoms. The molecule has 1 amide bonds. The number of hydrogen-bond acceptors (Lipinski definition) is 5. The lowest BCUT2D eigenvalue weighted by Crippen LogP contribution is -2.45. The maximum Gasteiger partial charge on any atom is 0.305 e. The Morgan fingerprint density at radius 1 is 0.551 bits per heavy atom. The van der Waals surface area contributed by atoms with Crippen LogP contribution in [0.15, 0.2) is 12.2 Å². The topological polar surface area (TPSA) is 95.9 Å². The zero-order valence-corrected chi connectivity index (χ0v) is 32.7. The number of aliphatic hydroxyl groups is 2. The van der Waals surface area contributed by atoms with Gasteiger partial charge in [-0.2, -0.15) is 0 Å². The lowest BCUT2D eigenvalue weighted by Gasteiger charge is -2.20. The summed E-state index contributed by atoms with van der Waals surface area (Å²) in [6.07, 6.45) is 41.9. The summed E-state index contributed by atoms with van der Waals surface area (Å²) in [6, 6.07) is -0.641. The Bertz CT molecular complexity index is 727. The van der Waals surface area contributed by atoms with Crippen LogP contribution in [0.4, 0.5) is 0 Å². The van der Waals surface area contributed by atoms with Crippen LogP contribution in [0.5, 0.6) is 0 Å². The fraction of sp³-hybridized carbons (Fsp3) is 0.907. The summed E-state index contributed by atoms with van der Waals surface area (Å²) in [5, 5.41) is 22.9. The fourth-order valence-electron chi connectivity index (χ4n) is 6.45. The van der Waals surface area contributed by atoms with Crippen molar-refractivity contribution in [3.8, 4) is 0 Å². The van der Waals surface area contributed by atoms with E-state index in [0.717, 1.165) is 57.8 Å². The predicted octanol–water partition coefficient (Wildman–Crippen LogP) is 11.8. The van der Waals surface area contributed by atoms with Crippen molar-refractivity contribution in [3.05, 3.63) is 12.2 Å². The van der Waals surface area contributed by atoms with Crippen molar-refractivity contribution in [2.45, 2.75) is 238 Å². The number of allylic oxidation sites excluding steroid dienone is 1. The van der Waals surface area contributed by atoms with Gasteiger partial charge in [0.25, 0.3) is 0 Å². The summed E-state index contributed by atoms with van der Waals surface area (Å²) in [4.78, 5) is 24.3. The van der Waals surface area contributed by atoms with E-state index in [2.05, 4.69) is 19.2 Å². The highest BCUT2D eigenvalue weighted by molar-refractivity contribution is 5.76. The van der Waals surface area contributed by atoms with Crippen LogP contribution in [-0.4, -0.2) is 47.4 Å². The number of hydrogen-bond donors (Lipinski definition) is 3. The van der Waals surface area contributed by atoms with E-state index in [1.807, 2.05) is 6.08 Å². The quantitative estimate of drug-likeness (QED) is 0.0338. The molecule has 6 nitrogen and oxygen atoms in total. The SMILES string of the molecule is CCCCCCCCCCC/C=C/C(O)C(CO)NC(=O)CCCCCCCCCCCCOC(=O)CCCCCCCCCCCCC. The first-order valence-electron chi connectivity index (χ1n) is 21.5. The van der Waals surface area contributed by atoms with Crippen molar-refractivity contribution in [2.75, 3.05) is 13.2 Å². The smallest absolute Gasteiger partial charge is 0.305 e. The first kappa shape index (κ1) is 47.6. The van der Waals surface area contributed by atoms with Crippen LogP contribution in [0.3, 0.4) is 0 Å². The van der Waals surface area contributed by atoms with Crippen LogP contribution in [0.1, 0.15) is 226 Å². The standard InChI is InChI=1S/C43H83NO5/c1-3-5-7-9-11-13-15-19-23-27-31-35-41(46)40(39-45)44-42(47)36-32-28-24-20-17-18-22-26-30-34-38-49-43(48)37-33-29-25-21-16-14-12-10-8-6-4-2/h31,35,40-41,45-46H,3-30,32-34,36-39H2,1-2H3,(H,44,47)/b35-31+. The number of unbranched alkanes of at least 4 members (excludes halogenated alkanes) is 28. The van der Waals surface area contributed by atoms with Crippen LogP contribution in [-0.2, 0) is 14.3 Å². The normalized spacial score (nSPS) is 12.8. The molecule has 0 heterocycles. The van der Waals surface area contributed by atoms with Gasteiger partial charge in [-0.15, -0.1) is 0 Å². The maximum atomic E-state index is 12.3. The van der Waals surface area contributed by atoms with E-state index in [9.17, 15) is 19.8 Å². The van der Waals surface area contributed by atoms with Gasteiger partial charge in [0.2, 0.25) is 5.91 Å². The Hall–Kier alpha value is -1.40. The number of ether oxygens (including phenoxy) is 1. The molecule has 0 aliphatic rings. The Balaban J connectivity index is 3.53. The molecular weight excluding hydrogens is 610 g/mol. The van der Waals surface area contributed by atoms with Crippen molar-refractivity contribution < 1.29 is 24.5 Å². The third kappa shape index (κ3) is 36.2. The van der Waals surface area contributed by atoms with Gasteiger partial charge in [0.1, 0.15) is 0 Å². The van der Waals surface area contributed by atoms with Crippen LogP contribution in [0, 0.1) is 0 Å². The van der Waals surface area contributed by atoms with E-state index in [1.165, 1.54) is 141 Å². The molecular formula is C43H83NO5. The lowest BCUT2D eigenvalue weighted by atomic mass is 10.0. The highest BCUT2D eigenvalue weighted by atomic mass is 16.5. The minimum Gasteiger partial charge on any atom is -0.466 e. The molecule has 2 unspecified atom stereocenters. The average molecular weight is 694 g/mol. The molecule has 3 N–H and O–H groups in total. The molecule has 0 saturated carbocycles. The van der Waals surface area contributed by atoms with Gasteiger partial charge in [-0.1, -0.05) is 193 Å². The summed E-state index contributed by atoms with van der Waals surface area (Å²) < 4.78 is 5.42. The van der Waals surface area contributed by atoms with Crippen LogP contribution in [0.2, 0.25) is 0 Å². The molecule has 6 heteroatoms. The number of carbonyl (C=O) groups is 2. The van der Waals surface area contributed by atoms with E-state index < -0.39 is 12.1 Å². The second kappa shape index (κ2) is 39.4. The van der Waals surface area contributed by atoms with Gasteiger partial charge < -0.3 is 20.3 Å². The Morgan fingerprint density at radius 2 is 0.939 bits per heavy atom. The summed E-state index contributed by atoms with van der Waals surface area (Å²) in [7, 11) is 0. The van der Waals surface area contributed by atoms with E-state index in [4.69, 9.17) is 4.74 Å². The van der Waals surface area contributed by atoms with Crippen molar-refractivity contribution in [1.82, 2.24) is 5.32 Å². The average Bonchev–Trinajstić information content (AvgIpc) is 3.10. The van der Waals surface area contributed by atoms with Gasteiger partial charge in [-0.05, 0) is 32.1 Å². The molecule has 0 bridgehead atoms. The molecule has 0 aromatic heterocycles. The first-order chi connectivity index (χ1) is 24.0. The van der Waals surface area contributed by atoms with Gasteiger partial charge in [0, 0.05) is 12.8 Å². The van der Waals surface area contributed by atoms with Gasteiger partial charge in [0.15, 0.2) is 0 Å². The van der Waals surface area contributed by atoms with Gasteiger partial charge in [-0.3, -0.25) is 9.59 Å². The van der Waals surface area contributed by atoms with Crippen molar-refractivity contribution >= 4 is 11.9 Å². The van der Waals surface area contributed by atoms with Crippen LogP contribution >= 0.6 is 0 Å². The molecule has 0 fully saturated rings. The van der Waals surface area contributed by atoms with Crippen LogP contribution < -0.4 is 5.32 Å². The number of aliphatic hydroxyl groups excluding tert-OH is 2. The number of amides is 1. The van der Waals surface area contributed by atoms with Crippen molar-refractivity contribution in [3.63, 3.8) is 0 Å². The third-order valence-corrected chi connectivity index (χ3v) is 9.81.